The number of aromatic carboxylic acids is 1. The third-order valence-electron chi connectivity index (χ3n) is 4.64. The van der Waals surface area contributed by atoms with Gasteiger partial charge in [0.1, 0.15) is 11.6 Å². The van der Waals surface area contributed by atoms with Crippen molar-refractivity contribution in [3.8, 4) is 0 Å². The van der Waals surface area contributed by atoms with E-state index in [1.165, 1.54) is 24.3 Å². The van der Waals surface area contributed by atoms with Crippen LogP contribution in [0.3, 0.4) is 0 Å². The number of hydrogen-bond acceptors (Lipinski definition) is 3. The number of ether oxygens (including phenoxy) is 1. The van der Waals surface area contributed by atoms with Gasteiger partial charge < -0.3 is 15.2 Å². The van der Waals surface area contributed by atoms with E-state index in [1.54, 1.807) is 12.1 Å². The van der Waals surface area contributed by atoms with Gasteiger partial charge in [0, 0.05) is 13.2 Å². The molecule has 1 heterocycles. The number of anilines is 1. The van der Waals surface area contributed by atoms with E-state index in [0.29, 0.717) is 31.6 Å². The van der Waals surface area contributed by atoms with Crippen LogP contribution in [0.15, 0.2) is 42.5 Å². The third kappa shape index (κ3) is 3.43. The van der Waals surface area contributed by atoms with E-state index in [1.807, 2.05) is 0 Å². The topological polar surface area (TPSA) is 75.6 Å². The summed E-state index contributed by atoms with van der Waals surface area (Å²) in [5.41, 5.74) is -0.654. The number of carbonyl (C=O) groups excluding carboxylic acids is 1. The Hall–Kier alpha value is -2.80. The lowest BCUT2D eigenvalue weighted by atomic mass is 9.73. The quantitative estimate of drug-likeness (QED) is 0.876. The first kappa shape index (κ1) is 18.0. The van der Waals surface area contributed by atoms with Crippen molar-refractivity contribution in [1.82, 2.24) is 0 Å². The van der Waals surface area contributed by atoms with Crippen LogP contribution < -0.4 is 5.32 Å². The number of hydrogen-bond donors (Lipinski definition) is 2. The first-order valence-electron chi connectivity index (χ1n) is 8.10. The molecule has 1 aliphatic heterocycles. The lowest BCUT2D eigenvalue weighted by Gasteiger charge is -2.36. The molecule has 0 atom stereocenters. The minimum absolute atomic E-state index is 0.104. The van der Waals surface area contributed by atoms with Crippen molar-refractivity contribution in [3.05, 3.63) is 65.2 Å². The van der Waals surface area contributed by atoms with Crippen LogP contribution in [0.5, 0.6) is 0 Å². The molecule has 2 aromatic carbocycles. The first-order chi connectivity index (χ1) is 12.4. The highest BCUT2D eigenvalue weighted by molar-refractivity contribution is 5.99. The van der Waals surface area contributed by atoms with Gasteiger partial charge in [-0.25, -0.2) is 13.6 Å². The van der Waals surface area contributed by atoms with Gasteiger partial charge in [0.25, 0.3) is 0 Å². The molecule has 136 valence electrons. The fourth-order valence-corrected chi connectivity index (χ4v) is 3.13. The van der Waals surface area contributed by atoms with Gasteiger partial charge in [0.15, 0.2) is 0 Å². The Bertz CT molecular complexity index is 830. The molecule has 0 radical (unpaired) electrons. The summed E-state index contributed by atoms with van der Waals surface area (Å²) in [5.74, 6) is -2.94. The van der Waals surface area contributed by atoms with E-state index in [4.69, 9.17) is 9.84 Å². The summed E-state index contributed by atoms with van der Waals surface area (Å²) in [6.07, 6.45) is 0.749. The van der Waals surface area contributed by atoms with E-state index in [2.05, 4.69) is 5.32 Å². The highest BCUT2D eigenvalue weighted by Gasteiger charge is 2.42. The van der Waals surface area contributed by atoms with Crippen molar-refractivity contribution in [2.45, 2.75) is 18.3 Å². The summed E-state index contributed by atoms with van der Waals surface area (Å²) < 4.78 is 32.8. The van der Waals surface area contributed by atoms with Gasteiger partial charge in [0.2, 0.25) is 5.91 Å². The minimum Gasteiger partial charge on any atom is -0.478 e. The number of halogens is 2. The summed E-state index contributed by atoms with van der Waals surface area (Å²) >= 11 is 0. The van der Waals surface area contributed by atoms with Crippen LogP contribution in [-0.4, -0.2) is 30.2 Å². The van der Waals surface area contributed by atoms with Crippen molar-refractivity contribution in [1.29, 1.82) is 0 Å². The molecular weight excluding hydrogens is 344 g/mol. The monoisotopic (exact) mass is 361 g/mol. The smallest absolute Gasteiger partial charge is 0.335 e. The second-order valence-electron chi connectivity index (χ2n) is 6.16. The van der Waals surface area contributed by atoms with Gasteiger partial charge in [-0.05, 0) is 48.7 Å². The lowest BCUT2D eigenvalue weighted by Crippen LogP contribution is -2.45. The fourth-order valence-electron chi connectivity index (χ4n) is 3.13. The van der Waals surface area contributed by atoms with E-state index in [9.17, 15) is 18.4 Å². The number of rotatable bonds is 4. The molecule has 2 aromatic rings. The first-order valence-corrected chi connectivity index (χ1v) is 8.10. The van der Waals surface area contributed by atoms with Gasteiger partial charge >= 0.3 is 5.97 Å². The Kier molecular flexibility index (Phi) is 4.99. The largest absolute Gasteiger partial charge is 0.478 e. The number of amides is 1. The summed E-state index contributed by atoms with van der Waals surface area (Å²) in [7, 11) is 0. The van der Waals surface area contributed by atoms with Crippen molar-refractivity contribution in [2.75, 3.05) is 18.5 Å². The average molecular weight is 361 g/mol. The predicted molar refractivity (Wildman–Crippen MR) is 90.1 cm³/mol. The molecule has 0 unspecified atom stereocenters. The van der Waals surface area contributed by atoms with E-state index in [-0.39, 0.29) is 11.3 Å². The van der Waals surface area contributed by atoms with Gasteiger partial charge in [-0.2, -0.15) is 0 Å². The van der Waals surface area contributed by atoms with Crippen molar-refractivity contribution in [2.24, 2.45) is 0 Å². The predicted octanol–water partition coefficient (Wildman–Crippen LogP) is 3.35. The van der Waals surface area contributed by atoms with Gasteiger partial charge in [-0.15, -0.1) is 0 Å². The molecule has 2 N–H and O–H groups in total. The molecule has 1 saturated heterocycles. The molecular formula is C19H17F2NO4. The molecule has 7 heteroatoms. The molecule has 0 spiro atoms. The number of carboxylic acids is 1. The molecule has 1 aliphatic rings. The second kappa shape index (κ2) is 7.21. The molecule has 1 fully saturated rings. The Balaban J connectivity index is 1.91. The average Bonchev–Trinajstić information content (AvgIpc) is 2.64. The lowest BCUT2D eigenvalue weighted by molar-refractivity contribution is -0.125. The maximum Gasteiger partial charge on any atom is 0.335 e. The van der Waals surface area contributed by atoms with Crippen LogP contribution in [0.1, 0.15) is 28.8 Å². The standard InChI is InChI=1S/C19H17F2NO4/c20-14-4-2-13(3-5-14)19(7-9-26-10-8-19)18(25)22-16-6-1-12(17(23)24)11-15(16)21/h1-6,11H,7-10H2,(H,22,25)(H,23,24). The van der Waals surface area contributed by atoms with E-state index in [0.717, 1.165) is 6.07 Å². The van der Waals surface area contributed by atoms with Crippen molar-refractivity contribution < 1.29 is 28.2 Å². The van der Waals surface area contributed by atoms with Crippen molar-refractivity contribution in [3.63, 3.8) is 0 Å². The normalized spacial score (nSPS) is 16.1. The zero-order chi connectivity index (χ0) is 18.7. The molecule has 1 amide bonds. The molecule has 5 nitrogen and oxygen atoms in total. The fraction of sp³-hybridized carbons (Fsp3) is 0.263. The highest BCUT2D eigenvalue weighted by Crippen LogP contribution is 2.36. The Labute approximate surface area is 148 Å². The third-order valence-corrected chi connectivity index (χ3v) is 4.64. The van der Waals surface area contributed by atoms with Crippen LogP contribution >= 0.6 is 0 Å². The maximum atomic E-state index is 14.2. The van der Waals surface area contributed by atoms with Crippen molar-refractivity contribution >= 4 is 17.6 Å². The Morgan fingerprint density at radius 2 is 1.69 bits per heavy atom. The minimum atomic E-state index is -1.26. The van der Waals surface area contributed by atoms with E-state index >= 15 is 0 Å². The maximum absolute atomic E-state index is 14.2. The SMILES string of the molecule is O=C(O)c1ccc(NC(=O)C2(c3ccc(F)cc3)CCOCC2)c(F)c1. The van der Waals surface area contributed by atoms with Crippen LogP contribution in [-0.2, 0) is 14.9 Å². The Morgan fingerprint density at radius 3 is 2.27 bits per heavy atom. The van der Waals surface area contributed by atoms with Gasteiger partial charge in [-0.1, -0.05) is 12.1 Å². The number of carbonyl (C=O) groups is 2. The van der Waals surface area contributed by atoms with Crippen LogP contribution in [0.4, 0.5) is 14.5 Å². The highest BCUT2D eigenvalue weighted by atomic mass is 19.1. The number of benzene rings is 2. The van der Waals surface area contributed by atoms with Crippen LogP contribution in [0, 0.1) is 11.6 Å². The summed E-state index contributed by atoms with van der Waals surface area (Å²) in [6.45, 7) is 0.705. The molecule has 0 saturated carbocycles. The van der Waals surface area contributed by atoms with E-state index < -0.39 is 28.9 Å². The molecule has 26 heavy (non-hydrogen) atoms. The molecule has 0 aromatic heterocycles. The Morgan fingerprint density at radius 1 is 1.04 bits per heavy atom. The van der Waals surface area contributed by atoms with Gasteiger partial charge in [0.05, 0.1) is 16.7 Å². The molecule has 0 bridgehead atoms. The summed E-state index contributed by atoms with van der Waals surface area (Å²) in [6, 6.07) is 8.94. The number of carboxylic acid groups (broad SMARTS) is 1. The van der Waals surface area contributed by atoms with Crippen LogP contribution in [0.2, 0.25) is 0 Å². The van der Waals surface area contributed by atoms with Gasteiger partial charge in [-0.3, -0.25) is 4.79 Å². The summed E-state index contributed by atoms with van der Waals surface area (Å²) in [5, 5.41) is 11.4. The zero-order valence-corrected chi connectivity index (χ0v) is 13.8. The molecule has 0 aliphatic carbocycles. The van der Waals surface area contributed by atoms with Crippen LogP contribution in [0.25, 0.3) is 0 Å². The molecule has 3 rings (SSSR count). The second-order valence-corrected chi connectivity index (χ2v) is 6.16. The zero-order valence-electron chi connectivity index (χ0n) is 13.8. The summed E-state index contributed by atoms with van der Waals surface area (Å²) in [4.78, 5) is 23.9. The number of nitrogens with one attached hydrogen (secondary N) is 1.